The number of rotatable bonds is 3. The first-order chi connectivity index (χ1) is 9.52. The summed E-state index contributed by atoms with van der Waals surface area (Å²) in [4.78, 5) is 0.0867. The molecule has 0 aliphatic carbocycles. The number of nitrogens with one attached hydrogen (secondary N) is 1. The molecule has 20 heavy (non-hydrogen) atoms. The van der Waals surface area contributed by atoms with Gasteiger partial charge in [-0.2, -0.15) is 4.31 Å². The van der Waals surface area contributed by atoms with Crippen LogP contribution in [0.1, 0.15) is 0 Å². The van der Waals surface area contributed by atoms with E-state index in [-0.39, 0.29) is 10.6 Å². The van der Waals surface area contributed by atoms with Crippen LogP contribution in [0, 0.1) is 17.7 Å². The number of halogens is 1. The smallest absolute Gasteiger partial charge is 0.243 e. The first-order valence-electron chi connectivity index (χ1n) is 6.57. The second kappa shape index (κ2) is 4.98. The molecule has 1 N–H and O–H groups in total. The highest BCUT2D eigenvalue weighted by molar-refractivity contribution is 7.89. The Balaban J connectivity index is 1.89. The molecule has 0 unspecified atom stereocenters. The fraction of sp³-hybridized carbons (Fsp3) is 0.538. The number of nitrogens with zero attached hydrogens (tertiary/aromatic N) is 1. The molecule has 1 aromatic carbocycles. The third kappa shape index (κ3) is 2.19. The molecule has 1 aromatic rings. The molecular weight excluding hydrogens is 283 g/mol. The highest BCUT2D eigenvalue weighted by Gasteiger charge is 2.41. The largest absolute Gasteiger partial charge is 0.494 e. The summed E-state index contributed by atoms with van der Waals surface area (Å²) in [6, 6.07) is 3.67. The van der Waals surface area contributed by atoms with Crippen molar-refractivity contribution in [1.82, 2.24) is 9.62 Å². The standard InChI is InChI=1S/C13H17FN2O3S/c1-19-13-4-11(2-3-12(13)14)20(17,18)16-7-9-5-15-6-10(9)8-16/h2-4,9-10,15H,5-8H2,1H3/t9-,10+. The average Bonchev–Trinajstić information content (AvgIpc) is 2.99. The molecule has 0 bridgehead atoms. The fourth-order valence-electron chi connectivity index (χ4n) is 2.96. The fourth-order valence-corrected chi connectivity index (χ4v) is 4.53. The molecule has 0 saturated carbocycles. The van der Waals surface area contributed by atoms with Crippen LogP contribution in [0.2, 0.25) is 0 Å². The van der Waals surface area contributed by atoms with Gasteiger partial charge in [-0.1, -0.05) is 0 Å². The summed E-state index contributed by atoms with van der Waals surface area (Å²) in [5.74, 6) is 0.153. The molecule has 7 heteroatoms. The maximum absolute atomic E-state index is 13.4. The van der Waals surface area contributed by atoms with Gasteiger partial charge in [-0.3, -0.25) is 0 Å². The van der Waals surface area contributed by atoms with Crippen LogP contribution in [0.4, 0.5) is 4.39 Å². The molecule has 5 nitrogen and oxygen atoms in total. The van der Waals surface area contributed by atoms with Crippen molar-refractivity contribution >= 4 is 10.0 Å². The van der Waals surface area contributed by atoms with Gasteiger partial charge in [0, 0.05) is 19.2 Å². The van der Waals surface area contributed by atoms with Crippen LogP contribution in [-0.4, -0.2) is 46.0 Å². The molecule has 2 saturated heterocycles. The molecule has 2 heterocycles. The Morgan fingerprint density at radius 2 is 1.95 bits per heavy atom. The van der Waals surface area contributed by atoms with Gasteiger partial charge in [0.15, 0.2) is 11.6 Å². The third-order valence-electron chi connectivity index (χ3n) is 4.12. The zero-order valence-corrected chi connectivity index (χ0v) is 12.0. The topological polar surface area (TPSA) is 58.6 Å². The molecule has 0 amide bonds. The van der Waals surface area contributed by atoms with Crippen molar-refractivity contribution in [2.45, 2.75) is 4.90 Å². The van der Waals surface area contributed by atoms with Crippen LogP contribution in [0.25, 0.3) is 0 Å². The molecule has 3 rings (SSSR count). The van der Waals surface area contributed by atoms with Crippen molar-refractivity contribution in [3.05, 3.63) is 24.0 Å². The minimum Gasteiger partial charge on any atom is -0.494 e. The number of sulfonamides is 1. The number of ether oxygens (including phenoxy) is 1. The van der Waals surface area contributed by atoms with Gasteiger partial charge in [0.25, 0.3) is 0 Å². The van der Waals surface area contributed by atoms with Crippen molar-refractivity contribution < 1.29 is 17.5 Å². The van der Waals surface area contributed by atoms with E-state index in [2.05, 4.69) is 5.32 Å². The Bertz CT molecular complexity index is 608. The Morgan fingerprint density at radius 3 is 2.55 bits per heavy atom. The summed E-state index contributed by atoms with van der Waals surface area (Å²) >= 11 is 0. The van der Waals surface area contributed by atoms with E-state index >= 15 is 0 Å². The Labute approximate surface area is 117 Å². The molecule has 0 radical (unpaired) electrons. The lowest BCUT2D eigenvalue weighted by Crippen LogP contribution is -2.32. The predicted molar refractivity (Wildman–Crippen MR) is 71.6 cm³/mol. The van der Waals surface area contributed by atoms with E-state index in [1.54, 1.807) is 0 Å². The van der Waals surface area contributed by atoms with Crippen LogP contribution < -0.4 is 10.1 Å². The Morgan fingerprint density at radius 1 is 1.30 bits per heavy atom. The third-order valence-corrected chi connectivity index (χ3v) is 5.94. The van der Waals surface area contributed by atoms with Crippen molar-refractivity contribution in [3.8, 4) is 5.75 Å². The number of hydrogen-bond acceptors (Lipinski definition) is 4. The SMILES string of the molecule is COc1cc(S(=O)(=O)N2C[C@H]3CNC[C@H]3C2)ccc1F. The van der Waals surface area contributed by atoms with E-state index in [4.69, 9.17) is 4.74 Å². The van der Waals surface area contributed by atoms with Gasteiger partial charge < -0.3 is 10.1 Å². The monoisotopic (exact) mass is 300 g/mol. The molecule has 0 aromatic heterocycles. The lowest BCUT2D eigenvalue weighted by molar-refractivity contribution is 0.384. The minimum atomic E-state index is -3.57. The molecule has 2 fully saturated rings. The van der Waals surface area contributed by atoms with Crippen LogP contribution in [0.3, 0.4) is 0 Å². The van der Waals surface area contributed by atoms with E-state index in [0.29, 0.717) is 24.9 Å². The molecule has 0 spiro atoms. The van der Waals surface area contributed by atoms with Crippen LogP contribution >= 0.6 is 0 Å². The normalized spacial score (nSPS) is 26.7. The first kappa shape index (κ1) is 13.8. The van der Waals surface area contributed by atoms with E-state index < -0.39 is 15.8 Å². The van der Waals surface area contributed by atoms with E-state index in [9.17, 15) is 12.8 Å². The maximum Gasteiger partial charge on any atom is 0.243 e. The first-order valence-corrected chi connectivity index (χ1v) is 8.01. The molecular formula is C13H17FN2O3S. The zero-order valence-electron chi connectivity index (χ0n) is 11.2. The number of fused-ring (bicyclic) bond motifs is 1. The van der Waals surface area contributed by atoms with Gasteiger partial charge >= 0.3 is 0 Å². The van der Waals surface area contributed by atoms with Gasteiger partial charge in [-0.05, 0) is 37.1 Å². The Kier molecular flexibility index (Phi) is 3.43. The van der Waals surface area contributed by atoms with Gasteiger partial charge in [-0.25, -0.2) is 12.8 Å². The Hall–Kier alpha value is -1.18. The zero-order chi connectivity index (χ0) is 14.3. The van der Waals surface area contributed by atoms with Gasteiger partial charge in [0.05, 0.1) is 12.0 Å². The van der Waals surface area contributed by atoms with Crippen molar-refractivity contribution in [2.75, 3.05) is 33.3 Å². The van der Waals surface area contributed by atoms with Gasteiger partial charge in [0.1, 0.15) is 0 Å². The highest BCUT2D eigenvalue weighted by atomic mass is 32.2. The van der Waals surface area contributed by atoms with E-state index in [1.165, 1.54) is 23.5 Å². The number of hydrogen-bond donors (Lipinski definition) is 1. The van der Waals surface area contributed by atoms with E-state index in [0.717, 1.165) is 19.2 Å². The maximum atomic E-state index is 13.4. The summed E-state index contributed by atoms with van der Waals surface area (Å²) in [6.07, 6.45) is 0. The quantitative estimate of drug-likeness (QED) is 0.891. The summed E-state index contributed by atoms with van der Waals surface area (Å²) in [6.45, 7) is 2.78. The van der Waals surface area contributed by atoms with Crippen molar-refractivity contribution in [1.29, 1.82) is 0 Å². The van der Waals surface area contributed by atoms with Crippen molar-refractivity contribution in [2.24, 2.45) is 11.8 Å². The average molecular weight is 300 g/mol. The summed E-state index contributed by atoms with van der Waals surface area (Å²) in [5, 5.41) is 3.27. The number of methoxy groups -OCH3 is 1. The van der Waals surface area contributed by atoms with Crippen LogP contribution in [-0.2, 0) is 10.0 Å². The second-order valence-corrected chi connectivity index (χ2v) is 7.23. The van der Waals surface area contributed by atoms with Gasteiger partial charge in [-0.15, -0.1) is 0 Å². The second-order valence-electron chi connectivity index (χ2n) is 5.30. The van der Waals surface area contributed by atoms with Crippen molar-refractivity contribution in [3.63, 3.8) is 0 Å². The molecule has 2 aliphatic heterocycles. The lowest BCUT2D eigenvalue weighted by atomic mass is 10.0. The lowest BCUT2D eigenvalue weighted by Gasteiger charge is -2.18. The summed E-state index contributed by atoms with van der Waals surface area (Å²) < 4.78 is 44.9. The van der Waals surface area contributed by atoms with Crippen LogP contribution in [0.5, 0.6) is 5.75 Å². The predicted octanol–water partition coefficient (Wildman–Crippen LogP) is 0.674. The molecule has 2 aliphatic rings. The highest BCUT2D eigenvalue weighted by Crippen LogP contribution is 2.32. The van der Waals surface area contributed by atoms with E-state index in [1.807, 2.05) is 0 Å². The summed E-state index contributed by atoms with van der Waals surface area (Å²) in [5.41, 5.74) is 0. The number of benzene rings is 1. The van der Waals surface area contributed by atoms with Crippen LogP contribution in [0.15, 0.2) is 23.1 Å². The summed E-state index contributed by atoms with van der Waals surface area (Å²) in [7, 11) is -2.25. The minimum absolute atomic E-state index is 0.0490. The van der Waals surface area contributed by atoms with Gasteiger partial charge in [0.2, 0.25) is 10.0 Å². The molecule has 110 valence electrons. The molecule has 2 atom stereocenters.